The largest absolute Gasteiger partial charge is 0.488 e. The fourth-order valence-electron chi connectivity index (χ4n) is 4.61. The Kier molecular flexibility index (Phi) is 8.05. The fraction of sp³-hybridized carbons (Fsp3) is 0.242. The number of aliphatic hydroxyl groups excluding tert-OH is 1. The summed E-state index contributed by atoms with van der Waals surface area (Å²) in [7, 11) is 3.93. The number of hydrogen-bond acceptors (Lipinski definition) is 7. The zero-order valence-corrected chi connectivity index (χ0v) is 22.9. The molecule has 0 unspecified atom stereocenters. The highest BCUT2D eigenvalue weighted by Crippen LogP contribution is 2.29. The zero-order valence-electron chi connectivity index (χ0n) is 22.9. The van der Waals surface area contributed by atoms with Crippen LogP contribution in [-0.2, 0) is 19.4 Å². The van der Waals surface area contributed by atoms with Crippen molar-refractivity contribution in [2.24, 2.45) is 0 Å². The number of hydrogen-bond donors (Lipinski definition) is 1. The summed E-state index contributed by atoms with van der Waals surface area (Å²) in [5.74, 6) is 0.311. The van der Waals surface area contributed by atoms with E-state index in [4.69, 9.17) is 9.15 Å². The average Bonchev–Trinajstić information content (AvgIpc) is 2.96. The highest BCUT2D eigenvalue weighted by Gasteiger charge is 2.16. The van der Waals surface area contributed by atoms with E-state index in [1.54, 1.807) is 36.5 Å². The van der Waals surface area contributed by atoms with Crippen LogP contribution in [0.4, 0.5) is 0 Å². The van der Waals surface area contributed by atoms with Crippen molar-refractivity contribution in [1.82, 2.24) is 9.88 Å². The number of fused-ring (bicyclic) bond motifs is 2. The molecule has 0 saturated heterocycles. The first kappa shape index (κ1) is 27.2. The van der Waals surface area contributed by atoms with Gasteiger partial charge in [-0.05, 0) is 86.9 Å². The van der Waals surface area contributed by atoms with Gasteiger partial charge in [-0.15, -0.1) is 0 Å². The topological polar surface area (TPSA) is 92.9 Å². The molecular weight excluding hydrogens is 504 g/mol. The molecule has 5 rings (SSSR count). The molecule has 40 heavy (non-hydrogen) atoms. The molecule has 7 nitrogen and oxygen atoms in total. The minimum Gasteiger partial charge on any atom is -0.488 e. The van der Waals surface area contributed by atoms with Crippen LogP contribution in [0.15, 0.2) is 82.1 Å². The molecule has 2 heterocycles. The predicted molar refractivity (Wildman–Crippen MR) is 156 cm³/mol. The van der Waals surface area contributed by atoms with E-state index < -0.39 is 0 Å². The van der Waals surface area contributed by atoms with Gasteiger partial charge < -0.3 is 19.2 Å². The van der Waals surface area contributed by atoms with Gasteiger partial charge in [-0.25, -0.2) is 0 Å². The van der Waals surface area contributed by atoms with Gasteiger partial charge in [0.1, 0.15) is 12.2 Å². The summed E-state index contributed by atoms with van der Waals surface area (Å²) in [5.41, 5.74) is 5.26. The second kappa shape index (κ2) is 11.8. The maximum atomic E-state index is 13.3. The van der Waals surface area contributed by atoms with Crippen molar-refractivity contribution in [3.05, 3.63) is 117 Å². The van der Waals surface area contributed by atoms with Crippen LogP contribution in [-0.4, -0.2) is 48.0 Å². The van der Waals surface area contributed by atoms with Crippen LogP contribution in [0, 0.1) is 6.92 Å². The molecule has 1 N–H and O–H groups in total. The number of carbonyl (C=O) groups is 1. The van der Waals surface area contributed by atoms with Gasteiger partial charge in [0.15, 0.2) is 17.1 Å². The molecule has 0 aliphatic rings. The summed E-state index contributed by atoms with van der Waals surface area (Å²) in [6, 6.07) is 20.1. The molecule has 2 aromatic heterocycles. The number of nitrogens with zero attached hydrogens (tertiary/aromatic N) is 2. The number of aliphatic hydroxyl groups is 1. The molecule has 0 aliphatic carbocycles. The normalized spacial score (nSPS) is 11.4. The number of aryl methyl sites for hydroxylation is 3. The van der Waals surface area contributed by atoms with Crippen molar-refractivity contribution < 1.29 is 19.1 Å². The molecule has 3 aromatic carbocycles. The monoisotopic (exact) mass is 536 g/mol. The molecule has 0 spiro atoms. The minimum absolute atomic E-state index is 0.0312. The van der Waals surface area contributed by atoms with Crippen LogP contribution >= 0.6 is 0 Å². The molecule has 0 radical (unpaired) electrons. The molecule has 7 heteroatoms. The summed E-state index contributed by atoms with van der Waals surface area (Å²) in [4.78, 5) is 33.1. The van der Waals surface area contributed by atoms with Gasteiger partial charge in [0.25, 0.3) is 0 Å². The highest BCUT2D eigenvalue weighted by molar-refractivity contribution is 6.10. The average molecular weight is 537 g/mol. The Labute approximate surface area is 232 Å². The van der Waals surface area contributed by atoms with Gasteiger partial charge in [-0.3, -0.25) is 14.6 Å². The smallest absolute Gasteiger partial charge is 0.200 e. The second-order valence-electron chi connectivity index (χ2n) is 10.3. The number of ketones is 1. The Morgan fingerprint density at radius 2 is 1.68 bits per heavy atom. The Morgan fingerprint density at radius 1 is 0.925 bits per heavy atom. The van der Waals surface area contributed by atoms with Crippen molar-refractivity contribution in [1.29, 1.82) is 0 Å². The maximum Gasteiger partial charge on any atom is 0.200 e. The van der Waals surface area contributed by atoms with E-state index in [9.17, 15) is 14.7 Å². The molecule has 0 bridgehead atoms. The van der Waals surface area contributed by atoms with E-state index in [-0.39, 0.29) is 17.8 Å². The number of benzene rings is 3. The van der Waals surface area contributed by atoms with Gasteiger partial charge in [0, 0.05) is 29.6 Å². The highest BCUT2D eigenvalue weighted by atomic mass is 16.5. The Balaban J connectivity index is 1.38. The van der Waals surface area contributed by atoms with Gasteiger partial charge in [-0.1, -0.05) is 30.3 Å². The van der Waals surface area contributed by atoms with Gasteiger partial charge in [0.2, 0.25) is 5.43 Å². The van der Waals surface area contributed by atoms with E-state index in [2.05, 4.69) is 4.98 Å². The van der Waals surface area contributed by atoms with Crippen LogP contribution in [0.1, 0.15) is 38.3 Å². The summed E-state index contributed by atoms with van der Waals surface area (Å²) in [6.07, 6.45) is 3.14. The van der Waals surface area contributed by atoms with E-state index >= 15 is 0 Å². The maximum absolute atomic E-state index is 13.3. The lowest BCUT2D eigenvalue weighted by Gasteiger charge is -2.13. The van der Waals surface area contributed by atoms with Gasteiger partial charge in [-0.2, -0.15) is 0 Å². The zero-order chi connectivity index (χ0) is 28.2. The standard InChI is InChI=1S/C33H32N2O5/c1-21-16-28-32(38)27-13-10-24(18-29(27)40-33(28)30(17-21)39-15-14-35(2)3)31(37)25-9-12-26(34-19-25)11-8-22-4-6-23(20-36)7-5-22/h4-7,9-10,12-13,16-19,36H,8,11,14-15,20H2,1-3H3. The lowest BCUT2D eigenvalue weighted by Crippen LogP contribution is -2.19. The van der Waals surface area contributed by atoms with Crippen molar-refractivity contribution in [3.8, 4) is 5.75 Å². The lowest BCUT2D eigenvalue weighted by atomic mass is 10.0. The fourth-order valence-corrected chi connectivity index (χ4v) is 4.61. The molecule has 0 fully saturated rings. The first-order valence-corrected chi connectivity index (χ1v) is 13.3. The van der Waals surface area contributed by atoms with Crippen LogP contribution in [0.2, 0.25) is 0 Å². The number of aromatic nitrogens is 1. The number of rotatable bonds is 10. The van der Waals surface area contributed by atoms with E-state index in [0.717, 1.165) is 41.8 Å². The Hall–Kier alpha value is -4.33. The van der Waals surface area contributed by atoms with Crippen LogP contribution < -0.4 is 10.2 Å². The Morgan fingerprint density at radius 3 is 2.38 bits per heavy atom. The number of likely N-dealkylation sites (N-methyl/N-ethyl adjacent to an activating group) is 1. The molecule has 0 atom stereocenters. The van der Waals surface area contributed by atoms with Crippen molar-refractivity contribution in [3.63, 3.8) is 0 Å². The van der Waals surface area contributed by atoms with Crippen LogP contribution in [0.5, 0.6) is 5.75 Å². The lowest BCUT2D eigenvalue weighted by molar-refractivity contribution is 0.103. The number of pyridine rings is 1. The molecular formula is C33H32N2O5. The molecule has 0 saturated carbocycles. The molecule has 0 amide bonds. The summed E-state index contributed by atoms with van der Waals surface area (Å²) in [5, 5.41) is 10.1. The summed E-state index contributed by atoms with van der Waals surface area (Å²) in [6.45, 7) is 3.11. The van der Waals surface area contributed by atoms with E-state index in [0.29, 0.717) is 45.4 Å². The van der Waals surface area contributed by atoms with Crippen LogP contribution in [0.25, 0.3) is 21.9 Å². The third kappa shape index (κ3) is 5.96. The summed E-state index contributed by atoms with van der Waals surface area (Å²) >= 11 is 0. The number of carbonyl (C=O) groups excluding carboxylic acids is 1. The first-order chi connectivity index (χ1) is 19.3. The van der Waals surface area contributed by atoms with Crippen molar-refractivity contribution in [2.75, 3.05) is 27.2 Å². The Bertz CT molecular complexity index is 1720. The summed E-state index contributed by atoms with van der Waals surface area (Å²) < 4.78 is 12.2. The quantitative estimate of drug-likeness (QED) is 0.196. The first-order valence-electron chi connectivity index (χ1n) is 13.3. The third-order valence-electron chi connectivity index (χ3n) is 6.90. The molecule has 0 aliphatic heterocycles. The van der Waals surface area contributed by atoms with Crippen LogP contribution in [0.3, 0.4) is 0 Å². The minimum atomic E-state index is -0.199. The van der Waals surface area contributed by atoms with E-state index in [1.807, 2.05) is 62.3 Å². The van der Waals surface area contributed by atoms with Gasteiger partial charge in [0.05, 0.1) is 17.4 Å². The third-order valence-corrected chi connectivity index (χ3v) is 6.90. The van der Waals surface area contributed by atoms with Crippen molar-refractivity contribution in [2.45, 2.75) is 26.4 Å². The SMILES string of the molecule is Cc1cc(OCCN(C)C)c2oc3cc(C(=O)c4ccc(CCc5ccc(CO)cc5)nc4)ccc3c(=O)c2c1. The van der Waals surface area contributed by atoms with E-state index in [1.165, 1.54) is 0 Å². The second-order valence-corrected chi connectivity index (χ2v) is 10.3. The van der Waals surface area contributed by atoms with Crippen molar-refractivity contribution >= 4 is 27.7 Å². The molecule has 5 aromatic rings. The predicted octanol–water partition coefficient (Wildman–Crippen LogP) is 5.10. The molecule has 204 valence electrons. The number of ether oxygens (including phenoxy) is 1. The van der Waals surface area contributed by atoms with Gasteiger partial charge >= 0.3 is 0 Å².